The third kappa shape index (κ3) is 6.50. The highest BCUT2D eigenvalue weighted by atomic mass is 32.2. The van der Waals surface area contributed by atoms with Crippen molar-refractivity contribution in [3.63, 3.8) is 0 Å². The molecule has 1 unspecified atom stereocenters. The second-order valence-corrected chi connectivity index (χ2v) is 11.7. The van der Waals surface area contributed by atoms with Gasteiger partial charge in [0.05, 0.1) is 11.4 Å². The summed E-state index contributed by atoms with van der Waals surface area (Å²) in [5.41, 5.74) is 3.88. The van der Waals surface area contributed by atoms with Crippen molar-refractivity contribution in [1.29, 1.82) is 0 Å². The Morgan fingerprint density at radius 2 is 1.15 bits per heavy atom. The summed E-state index contributed by atoms with van der Waals surface area (Å²) < 4.78 is 14.1. The zero-order valence-corrected chi connectivity index (χ0v) is 22.8. The fourth-order valence-electron chi connectivity index (χ4n) is 4.38. The quantitative estimate of drug-likeness (QED) is 0.136. The number of benzene rings is 3. The minimum Gasteiger partial charge on any atom is -0.325 e. The fraction of sp³-hybridized carbons (Fsp3) is 0.379. The molecule has 34 heavy (non-hydrogen) atoms. The predicted octanol–water partition coefficient (Wildman–Crippen LogP) is 8.11. The van der Waals surface area contributed by atoms with Crippen LogP contribution in [-0.2, 0) is 13.8 Å². The van der Waals surface area contributed by atoms with Gasteiger partial charge in [-0.25, -0.2) is 4.67 Å². The molecule has 3 nitrogen and oxygen atoms in total. The maximum absolute atomic E-state index is 6.26. The molecule has 0 fully saturated rings. The summed E-state index contributed by atoms with van der Waals surface area (Å²) in [6, 6.07) is 33.3. The minimum atomic E-state index is -1.05. The van der Waals surface area contributed by atoms with Crippen molar-refractivity contribution in [1.82, 2.24) is 4.67 Å². The highest BCUT2D eigenvalue weighted by molar-refractivity contribution is 8.00. The summed E-state index contributed by atoms with van der Waals surface area (Å²) in [6.45, 7) is 9.46. The van der Waals surface area contributed by atoms with Crippen molar-refractivity contribution < 1.29 is 9.05 Å². The normalized spacial score (nSPS) is 13.1. The first-order valence-electron chi connectivity index (χ1n) is 12.1. The van der Waals surface area contributed by atoms with E-state index in [2.05, 4.69) is 123 Å². The summed E-state index contributed by atoms with van der Waals surface area (Å²) in [5.74, 6) is 0.967. The van der Waals surface area contributed by atoms with Crippen LogP contribution >= 0.6 is 20.3 Å². The van der Waals surface area contributed by atoms with Gasteiger partial charge in [-0.15, -0.1) is 11.8 Å². The maximum atomic E-state index is 6.26. The highest BCUT2D eigenvalue weighted by Crippen LogP contribution is 2.49. The van der Waals surface area contributed by atoms with E-state index in [1.807, 2.05) is 11.8 Å². The van der Waals surface area contributed by atoms with E-state index >= 15 is 0 Å². The number of hydrogen-bond donors (Lipinski definition) is 0. The molecule has 0 heterocycles. The molecular formula is C29H38NO2PS. The van der Waals surface area contributed by atoms with Gasteiger partial charge in [-0.05, 0) is 56.6 Å². The minimum absolute atomic E-state index is 0.280. The molecule has 3 aromatic carbocycles. The Bertz CT molecular complexity index is 849. The van der Waals surface area contributed by atoms with E-state index in [0.29, 0.717) is 18.7 Å². The zero-order chi connectivity index (χ0) is 24.4. The SMILES string of the molecule is COP(OCCCSC(c1ccccc1)(c1ccccc1)c1ccccc1)N(C(C)C)C(C)C. The monoisotopic (exact) mass is 495 g/mol. The van der Waals surface area contributed by atoms with Gasteiger partial charge < -0.3 is 9.05 Å². The lowest BCUT2D eigenvalue weighted by Gasteiger charge is -2.36. The van der Waals surface area contributed by atoms with E-state index in [1.165, 1.54) is 16.7 Å². The molecule has 5 heteroatoms. The third-order valence-electron chi connectivity index (χ3n) is 5.75. The first-order chi connectivity index (χ1) is 16.5. The molecule has 0 aromatic heterocycles. The van der Waals surface area contributed by atoms with Crippen molar-refractivity contribution in [2.24, 2.45) is 0 Å². The first-order valence-corrected chi connectivity index (χ1v) is 14.2. The Morgan fingerprint density at radius 1 is 0.735 bits per heavy atom. The summed E-state index contributed by atoms with van der Waals surface area (Å²) in [7, 11) is 0.701. The maximum Gasteiger partial charge on any atom is 0.258 e. The summed E-state index contributed by atoms with van der Waals surface area (Å²) in [5, 5.41) is 0. The molecule has 1 atom stereocenters. The van der Waals surface area contributed by atoms with E-state index in [1.54, 1.807) is 7.11 Å². The van der Waals surface area contributed by atoms with Crippen LogP contribution in [-0.4, -0.2) is 36.2 Å². The molecule has 0 bridgehead atoms. The molecule has 3 rings (SSSR count). The zero-order valence-electron chi connectivity index (χ0n) is 21.1. The lowest BCUT2D eigenvalue weighted by molar-refractivity contribution is 0.195. The lowest BCUT2D eigenvalue weighted by atomic mass is 9.84. The number of nitrogens with zero attached hydrogens (tertiary/aromatic N) is 1. The van der Waals surface area contributed by atoms with Crippen LogP contribution in [0.15, 0.2) is 91.0 Å². The molecule has 0 aliphatic rings. The topological polar surface area (TPSA) is 21.7 Å². The van der Waals surface area contributed by atoms with Gasteiger partial charge in [-0.2, -0.15) is 0 Å². The fourth-order valence-corrected chi connectivity index (χ4v) is 7.33. The molecule has 0 radical (unpaired) electrons. The molecule has 0 spiro atoms. The van der Waals surface area contributed by atoms with Crippen molar-refractivity contribution in [2.45, 2.75) is 50.9 Å². The first kappa shape index (κ1) is 26.9. The largest absolute Gasteiger partial charge is 0.325 e. The van der Waals surface area contributed by atoms with Gasteiger partial charge in [0, 0.05) is 19.2 Å². The van der Waals surface area contributed by atoms with Crippen molar-refractivity contribution in [2.75, 3.05) is 19.5 Å². The van der Waals surface area contributed by atoms with Gasteiger partial charge in [0.25, 0.3) is 8.53 Å². The standard InChI is InChI=1S/C29H38NO2PS/c1-24(2)30(25(3)4)33(31-5)32-22-15-23-34-29(26-16-9-6-10-17-26,27-18-11-7-12-19-27)28-20-13-8-14-21-28/h6-14,16-21,24-25H,15,22-23H2,1-5H3. The highest BCUT2D eigenvalue weighted by Gasteiger charge is 2.36. The summed E-state index contributed by atoms with van der Waals surface area (Å²) >= 11 is 1.98. The lowest BCUT2D eigenvalue weighted by Crippen LogP contribution is -2.33. The van der Waals surface area contributed by atoms with Crippen molar-refractivity contribution in [3.05, 3.63) is 108 Å². The second kappa shape index (κ2) is 13.4. The van der Waals surface area contributed by atoms with Crippen LogP contribution in [0.2, 0.25) is 0 Å². The smallest absolute Gasteiger partial charge is 0.258 e. The van der Waals surface area contributed by atoms with Crippen molar-refractivity contribution in [3.8, 4) is 0 Å². The van der Waals surface area contributed by atoms with Crippen LogP contribution < -0.4 is 0 Å². The van der Waals surface area contributed by atoms with E-state index in [9.17, 15) is 0 Å². The van der Waals surface area contributed by atoms with Gasteiger partial charge in [0.15, 0.2) is 0 Å². The van der Waals surface area contributed by atoms with Crippen LogP contribution in [0.5, 0.6) is 0 Å². The third-order valence-corrected chi connectivity index (χ3v) is 9.40. The molecule has 0 amide bonds. The van der Waals surface area contributed by atoms with Crippen LogP contribution in [0.25, 0.3) is 0 Å². The Kier molecular flexibility index (Phi) is 10.6. The molecule has 0 aliphatic heterocycles. The Morgan fingerprint density at radius 3 is 1.50 bits per heavy atom. The van der Waals surface area contributed by atoms with Crippen molar-refractivity contribution >= 4 is 20.3 Å². The number of hydrogen-bond acceptors (Lipinski definition) is 4. The Balaban J connectivity index is 1.81. The Hall–Kier alpha value is -1.68. The van der Waals surface area contributed by atoms with Crippen LogP contribution in [0, 0.1) is 0 Å². The number of rotatable bonds is 13. The summed E-state index contributed by atoms with van der Waals surface area (Å²) in [4.78, 5) is 0. The molecule has 0 N–H and O–H groups in total. The molecular weight excluding hydrogens is 457 g/mol. The Labute approximate surface area is 211 Å². The second-order valence-electron chi connectivity index (χ2n) is 8.80. The molecule has 0 saturated heterocycles. The van der Waals surface area contributed by atoms with E-state index in [4.69, 9.17) is 9.05 Å². The summed E-state index contributed by atoms with van der Waals surface area (Å²) in [6.07, 6.45) is 0.950. The van der Waals surface area contributed by atoms with E-state index < -0.39 is 8.53 Å². The van der Waals surface area contributed by atoms with Gasteiger partial charge in [0.1, 0.15) is 0 Å². The van der Waals surface area contributed by atoms with Gasteiger partial charge in [0.2, 0.25) is 0 Å². The number of thioether (sulfide) groups is 1. The molecule has 182 valence electrons. The molecule has 3 aromatic rings. The van der Waals surface area contributed by atoms with Crippen LogP contribution in [0.1, 0.15) is 50.8 Å². The van der Waals surface area contributed by atoms with Gasteiger partial charge >= 0.3 is 0 Å². The molecule has 0 aliphatic carbocycles. The molecule has 0 saturated carbocycles. The van der Waals surface area contributed by atoms with Gasteiger partial charge in [-0.3, -0.25) is 0 Å². The van der Waals surface area contributed by atoms with Gasteiger partial charge in [-0.1, -0.05) is 91.0 Å². The van der Waals surface area contributed by atoms with E-state index in [0.717, 1.165) is 12.2 Å². The van der Waals surface area contributed by atoms with Crippen LogP contribution in [0.4, 0.5) is 0 Å². The average Bonchev–Trinajstić information content (AvgIpc) is 2.86. The van der Waals surface area contributed by atoms with Crippen LogP contribution in [0.3, 0.4) is 0 Å². The predicted molar refractivity (Wildman–Crippen MR) is 148 cm³/mol. The van der Waals surface area contributed by atoms with E-state index in [-0.39, 0.29) is 4.75 Å². The average molecular weight is 496 g/mol.